The molecule has 0 fully saturated rings. The highest BCUT2D eigenvalue weighted by molar-refractivity contribution is 6.39. The van der Waals surface area contributed by atoms with Gasteiger partial charge in [-0.3, -0.25) is 19.2 Å². The summed E-state index contributed by atoms with van der Waals surface area (Å²) in [6, 6.07) is 1.80. The van der Waals surface area contributed by atoms with Crippen molar-refractivity contribution in [2.75, 3.05) is 39.5 Å². The molecule has 0 aromatic carbocycles. The molecule has 0 aliphatic carbocycles. The summed E-state index contributed by atoms with van der Waals surface area (Å²) in [6.45, 7) is 1.18. The number of aromatic nitrogens is 3. The number of nitrogens with zero attached hydrogens (tertiary/aromatic N) is 5. The van der Waals surface area contributed by atoms with Crippen molar-refractivity contribution in [1.82, 2.24) is 35.4 Å². The number of pyridine rings is 1. The summed E-state index contributed by atoms with van der Waals surface area (Å²) in [7, 11) is 5.00. The third-order valence-electron chi connectivity index (χ3n) is 5.01. The summed E-state index contributed by atoms with van der Waals surface area (Å²) in [5, 5.41) is 7.58. The largest absolute Gasteiger partial charge is 0.347 e. The van der Waals surface area contributed by atoms with Gasteiger partial charge >= 0.3 is 11.8 Å². The first-order valence-electron chi connectivity index (χ1n) is 10.4. The number of carbonyl (C=O) groups is 4. The lowest BCUT2D eigenvalue weighted by molar-refractivity contribution is -0.136. The number of hydrogen-bond acceptors (Lipinski definition) is 8. The van der Waals surface area contributed by atoms with Gasteiger partial charge in [0.2, 0.25) is 11.7 Å². The Morgan fingerprint density at radius 3 is 2.59 bits per heavy atom. The quantitative estimate of drug-likeness (QED) is 0.459. The molecule has 4 amide bonds. The SMILES string of the molecule is CN1CCc2nc(C(=O)NC(CNC(=O)C(=O)Nc3ccc(Cl)cn3)C(=O)N(C)C)ncc2C1. The molecule has 3 N–H and O–H groups in total. The van der Waals surface area contributed by atoms with E-state index in [0.29, 0.717) is 18.0 Å². The first-order chi connectivity index (χ1) is 16.1. The number of fused-ring (bicyclic) bond motifs is 1. The van der Waals surface area contributed by atoms with Gasteiger partial charge in [0.05, 0.1) is 10.7 Å². The zero-order valence-corrected chi connectivity index (χ0v) is 19.7. The van der Waals surface area contributed by atoms with Gasteiger partial charge in [-0.2, -0.15) is 0 Å². The van der Waals surface area contributed by atoms with Crippen LogP contribution in [0.15, 0.2) is 24.5 Å². The highest BCUT2D eigenvalue weighted by atomic mass is 35.5. The third-order valence-corrected chi connectivity index (χ3v) is 5.24. The van der Waals surface area contributed by atoms with Crippen LogP contribution in [0.1, 0.15) is 21.9 Å². The van der Waals surface area contributed by atoms with Crippen molar-refractivity contribution in [3.8, 4) is 0 Å². The van der Waals surface area contributed by atoms with E-state index in [9.17, 15) is 19.2 Å². The Morgan fingerprint density at radius 2 is 1.91 bits per heavy atom. The Labute approximate surface area is 201 Å². The Bertz CT molecular complexity index is 1090. The van der Waals surface area contributed by atoms with Crippen molar-refractivity contribution < 1.29 is 19.2 Å². The van der Waals surface area contributed by atoms with Gasteiger partial charge in [0.1, 0.15) is 11.9 Å². The Morgan fingerprint density at radius 1 is 1.15 bits per heavy atom. The molecule has 0 spiro atoms. The molecule has 13 heteroatoms. The van der Waals surface area contributed by atoms with Crippen molar-refractivity contribution >= 4 is 41.0 Å². The molecule has 1 atom stereocenters. The molecule has 1 aliphatic rings. The second-order valence-corrected chi connectivity index (χ2v) is 8.37. The summed E-state index contributed by atoms with van der Waals surface area (Å²) in [4.78, 5) is 65.4. The summed E-state index contributed by atoms with van der Waals surface area (Å²) in [6.07, 6.45) is 3.60. The smallest absolute Gasteiger partial charge is 0.314 e. The number of halogens is 1. The molecule has 12 nitrogen and oxygen atoms in total. The normalized spacial score (nSPS) is 13.9. The zero-order valence-electron chi connectivity index (χ0n) is 19.0. The van der Waals surface area contributed by atoms with E-state index in [-0.39, 0.29) is 18.2 Å². The Hall–Kier alpha value is -3.64. The molecule has 3 rings (SSSR count). The van der Waals surface area contributed by atoms with Crippen LogP contribution in [0.25, 0.3) is 0 Å². The fourth-order valence-corrected chi connectivity index (χ4v) is 3.31. The van der Waals surface area contributed by atoms with E-state index >= 15 is 0 Å². The van der Waals surface area contributed by atoms with Crippen LogP contribution in [-0.4, -0.2) is 88.7 Å². The van der Waals surface area contributed by atoms with Gasteiger partial charge in [-0.1, -0.05) is 11.6 Å². The average Bonchev–Trinajstić information content (AvgIpc) is 2.81. The maximum absolute atomic E-state index is 12.8. The molecule has 1 aliphatic heterocycles. The van der Waals surface area contributed by atoms with E-state index in [2.05, 4.69) is 35.8 Å². The number of rotatable bonds is 6. The van der Waals surface area contributed by atoms with Gasteiger partial charge in [-0.15, -0.1) is 0 Å². The number of likely N-dealkylation sites (N-methyl/N-ethyl adjacent to an activating group) is 2. The third kappa shape index (κ3) is 6.45. The van der Waals surface area contributed by atoms with Gasteiger partial charge in [-0.25, -0.2) is 15.0 Å². The van der Waals surface area contributed by atoms with Crippen LogP contribution < -0.4 is 16.0 Å². The summed E-state index contributed by atoms with van der Waals surface area (Å²) < 4.78 is 0. The lowest BCUT2D eigenvalue weighted by Gasteiger charge is -2.24. The highest BCUT2D eigenvalue weighted by Gasteiger charge is 2.27. The second kappa shape index (κ2) is 11.0. The molecule has 2 aromatic heterocycles. The summed E-state index contributed by atoms with van der Waals surface area (Å²) in [5.41, 5.74) is 1.73. The van der Waals surface area contributed by atoms with Crippen molar-refractivity contribution in [2.45, 2.75) is 19.0 Å². The van der Waals surface area contributed by atoms with Crippen LogP contribution in [0.3, 0.4) is 0 Å². The summed E-state index contributed by atoms with van der Waals surface area (Å²) in [5.74, 6) is -3.07. The minimum atomic E-state index is -1.14. The van der Waals surface area contributed by atoms with Crippen molar-refractivity contribution in [1.29, 1.82) is 0 Å². The zero-order chi connectivity index (χ0) is 24.8. The van der Waals surface area contributed by atoms with Crippen LogP contribution in [0.5, 0.6) is 0 Å². The van der Waals surface area contributed by atoms with Crippen molar-refractivity contribution in [2.24, 2.45) is 0 Å². The number of nitrogens with one attached hydrogen (secondary N) is 3. The second-order valence-electron chi connectivity index (χ2n) is 7.94. The van der Waals surface area contributed by atoms with Gasteiger partial charge in [0, 0.05) is 58.1 Å². The molecule has 2 aromatic rings. The Kier molecular flexibility index (Phi) is 8.08. The van der Waals surface area contributed by atoms with Gasteiger partial charge < -0.3 is 25.8 Å². The first kappa shape index (κ1) is 25.0. The van der Waals surface area contributed by atoms with Gasteiger partial charge in [0.25, 0.3) is 5.91 Å². The lowest BCUT2D eigenvalue weighted by Crippen LogP contribution is -2.53. The average molecular weight is 489 g/mol. The summed E-state index contributed by atoms with van der Waals surface area (Å²) >= 11 is 5.74. The van der Waals surface area contributed by atoms with Crippen LogP contribution in [0.2, 0.25) is 5.02 Å². The maximum Gasteiger partial charge on any atom is 0.314 e. The lowest BCUT2D eigenvalue weighted by atomic mass is 10.1. The predicted molar refractivity (Wildman–Crippen MR) is 123 cm³/mol. The number of carbonyl (C=O) groups excluding carboxylic acids is 4. The molecule has 34 heavy (non-hydrogen) atoms. The fourth-order valence-electron chi connectivity index (χ4n) is 3.20. The minimum absolute atomic E-state index is 0.0715. The molecular formula is C21H25ClN8O4. The number of amides is 4. The van der Waals surface area contributed by atoms with E-state index < -0.39 is 29.7 Å². The predicted octanol–water partition coefficient (Wildman–Crippen LogP) is -0.546. The van der Waals surface area contributed by atoms with E-state index in [1.807, 2.05) is 7.05 Å². The van der Waals surface area contributed by atoms with Crippen LogP contribution in [0, 0.1) is 0 Å². The van der Waals surface area contributed by atoms with E-state index in [4.69, 9.17) is 11.6 Å². The topological polar surface area (TPSA) is 150 Å². The van der Waals surface area contributed by atoms with Crippen LogP contribution >= 0.6 is 11.6 Å². The molecule has 0 saturated heterocycles. The minimum Gasteiger partial charge on any atom is -0.347 e. The van der Waals surface area contributed by atoms with E-state index in [0.717, 1.165) is 17.8 Å². The van der Waals surface area contributed by atoms with Crippen molar-refractivity contribution in [3.05, 3.63) is 46.6 Å². The fraction of sp³-hybridized carbons (Fsp3) is 0.381. The molecule has 3 heterocycles. The van der Waals surface area contributed by atoms with Crippen LogP contribution in [0.4, 0.5) is 5.82 Å². The molecule has 180 valence electrons. The first-order valence-corrected chi connectivity index (χ1v) is 10.8. The standard InChI is InChI=1S/C21H25ClN8O4/c1-29(2)21(34)15(10-25-19(32)20(33)28-16-5-4-13(22)9-23-16)27-18(31)17-24-8-12-11-30(3)7-6-14(12)26-17/h4-5,8-9,15H,6-7,10-11H2,1-3H3,(H,25,32)(H,27,31)(H,23,28,33). The molecule has 1 unspecified atom stereocenters. The monoisotopic (exact) mass is 488 g/mol. The number of anilines is 1. The Balaban J connectivity index is 1.63. The highest BCUT2D eigenvalue weighted by Crippen LogP contribution is 2.15. The number of hydrogen-bond donors (Lipinski definition) is 3. The molecule has 0 saturated carbocycles. The van der Waals surface area contributed by atoms with Gasteiger partial charge in [0.15, 0.2) is 0 Å². The molecular weight excluding hydrogens is 464 g/mol. The maximum atomic E-state index is 12.8. The van der Waals surface area contributed by atoms with E-state index in [1.165, 1.54) is 37.3 Å². The van der Waals surface area contributed by atoms with Crippen molar-refractivity contribution in [3.63, 3.8) is 0 Å². The van der Waals surface area contributed by atoms with Gasteiger partial charge in [-0.05, 0) is 19.2 Å². The van der Waals surface area contributed by atoms with E-state index in [1.54, 1.807) is 6.20 Å². The molecule has 0 bridgehead atoms. The van der Waals surface area contributed by atoms with Crippen LogP contribution in [-0.2, 0) is 27.3 Å². The molecule has 0 radical (unpaired) electrons.